The van der Waals surface area contributed by atoms with E-state index in [4.69, 9.17) is 0 Å². The van der Waals surface area contributed by atoms with Crippen molar-refractivity contribution in [1.29, 1.82) is 0 Å². The number of hydrogen-bond donors (Lipinski definition) is 1. The molecule has 0 aromatic heterocycles. The molecule has 1 amide bonds. The van der Waals surface area contributed by atoms with E-state index in [0.717, 1.165) is 50.5 Å². The van der Waals surface area contributed by atoms with Crippen LogP contribution in [0.15, 0.2) is 24.3 Å². The topological polar surface area (TPSA) is 32.3 Å². The molecule has 0 bridgehead atoms. The number of aryl methyl sites for hydroxylation is 1. The van der Waals surface area contributed by atoms with Crippen LogP contribution in [0.25, 0.3) is 0 Å². The Bertz CT molecular complexity index is 454. The lowest BCUT2D eigenvalue weighted by Gasteiger charge is -2.34. The van der Waals surface area contributed by atoms with Crippen LogP contribution >= 0.6 is 0 Å². The third kappa shape index (κ3) is 2.52. The van der Waals surface area contributed by atoms with Crippen LogP contribution < -0.4 is 5.32 Å². The molecular formula is C16H22N2O. The number of rotatable bonds is 2. The average molecular weight is 258 g/mol. The van der Waals surface area contributed by atoms with Crippen LogP contribution in [0.3, 0.4) is 0 Å². The van der Waals surface area contributed by atoms with Gasteiger partial charge in [0.2, 0.25) is 0 Å². The summed E-state index contributed by atoms with van der Waals surface area (Å²) in [6.07, 6.45) is 2.17. The minimum atomic E-state index is 0.202. The van der Waals surface area contributed by atoms with Crippen LogP contribution in [-0.4, -0.2) is 37.0 Å². The van der Waals surface area contributed by atoms with E-state index in [1.54, 1.807) is 0 Å². The summed E-state index contributed by atoms with van der Waals surface area (Å²) in [5, 5.41) is 3.44. The summed E-state index contributed by atoms with van der Waals surface area (Å²) in [6, 6.07) is 8.08. The molecule has 2 unspecified atom stereocenters. The van der Waals surface area contributed by atoms with Gasteiger partial charge in [-0.05, 0) is 55.5 Å². The first-order valence-electron chi connectivity index (χ1n) is 7.37. The molecule has 1 aromatic carbocycles. The van der Waals surface area contributed by atoms with Crippen LogP contribution in [0.2, 0.25) is 0 Å². The lowest BCUT2D eigenvalue weighted by atomic mass is 9.88. The summed E-state index contributed by atoms with van der Waals surface area (Å²) >= 11 is 0. The van der Waals surface area contributed by atoms with Gasteiger partial charge in [-0.3, -0.25) is 4.79 Å². The summed E-state index contributed by atoms with van der Waals surface area (Å²) in [4.78, 5) is 14.5. The number of nitrogens with zero attached hydrogens (tertiary/aromatic N) is 1. The van der Waals surface area contributed by atoms with Crippen LogP contribution in [0.5, 0.6) is 0 Å². The second-order valence-corrected chi connectivity index (χ2v) is 5.77. The van der Waals surface area contributed by atoms with Crippen molar-refractivity contribution < 1.29 is 4.79 Å². The maximum absolute atomic E-state index is 12.5. The molecule has 2 aliphatic rings. The van der Waals surface area contributed by atoms with E-state index in [1.807, 2.05) is 17.0 Å². The minimum Gasteiger partial charge on any atom is -0.338 e. The van der Waals surface area contributed by atoms with Crippen molar-refractivity contribution in [1.82, 2.24) is 10.2 Å². The molecule has 0 radical (unpaired) electrons. The van der Waals surface area contributed by atoms with Gasteiger partial charge in [-0.1, -0.05) is 19.1 Å². The summed E-state index contributed by atoms with van der Waals surface area (Å²) in [5.74, 6) is 1.65. The van der Waals surface area contributed by atoms with Gasteiger partial charge in [-0.2, -0.15) is 0 Å². The Labute approximate surface area is 115 Å². The number of piperidine rings is 1. The molecule has 3 heteroatoms. The van der Waals surface area contributed by atoms with Crippen molar-refractivity contribution in [3.8, 4) is 0 Å². The zero-order valence-electron chi connectivity index (χ0n) is 11.6. The number of carbonyl (C=O) groups excluding carboxylic acids is 1. The highest BCUT2D eigenvalue weighted by atomic mass is 16.2. The number of amides is 1. The molecule has 1 N–H and O–H groups in total. The number of hydrogen-bond acceptors (Lipinski definition) is 2. The van der Waals surface area contributed by atoms with Gasteiger partial charge in [0.1, 0.15) is 0 Å². The Morgan fingerprint density at radius 1 is 1.26 bits per heavy atom. The number of carbonyl (C=O) groups is 1. The van der Waals surface area contributed by atoms with Gasteiger partial charge in [0.15, 0.2) is 0 Å². The fourth-order valence-electron chi connectivity index (χ4n) is 3.28. The Hall–Kier alpha value is -1.35. The lowest BCUT2D eigenvalue weighted by molar-refractivity contribution is 0.0642. The molecule has 0 saturated carbocycles. The van der Waals surface area contributed by atoms with E-state index < -0.39 is 0 Å². The number of benzene rings is 1. The molecular weight excluding hydrogens is 236 g/mol. The van der Waals surface area contributed by atoms with Gasteiger partial charge < -0.3 is 10.2 Å². The van der Waals surface area contributed by atoms with Crippen molar-refractivity contribution >= 4 is 5.91 Å². The molecule has 1 aromatic rings. The summed E-state index contributed by atoms with van der Waals surface area (Å²) in [5.41, 5.74) is 2.12. The van der Waals surface area contributed by atoms with Gasteiger partial charge in [-0.15, -0.1) is 0 Å². The van der Waals surface area contributed by atoms with Crippen molar-refractivity contribution in [3.63, 3.8) is 0 Å². The smallest absolute Gasteiger partial charge is 0.253 e. The zero-order valence-corrected chi connectivity index (χ0v) is 11.6. The van der Waals surface area contributed by atoms with Crippen LogP contribution in [0.4, 0.5) is 0 Å². The monoisotopic (exact) mass is 258 g/mol. The van der Waals surface area contributed by atoms with E-state index in [-0.39, 0.29) is 5.91 Å². The number of nitrogens with one attached hydrogen (secondary N) is 1. The molecule has 102 valence electrons. The fourth-order valence-corrected chi connectivity index (χ4v) is 3.28. The number of fused-ring (bicyclic) bond motifs is 1. The minimum absolute atomic E-state index is 0.202. The highest BCUT2D eigenvalue weighted by molar-refractivity contribution is 5.94. The Morgan fingerprint density at radius 3 is 2.74 bits per heavy atom. The predicted octanol–water partition coefficient (Wildman–Crippen LogP) is 1.93. The Balaban J connectivity index is 1.69. The Morgan fingerprint density at radius 2 is 2.00 bits per heavy atom. The summed E-state index contributed by atoms with van der Waals surface area (Å²) in [7, 11) is 0. The fraction of sp³-hybridized carbons (Fsp3) is 0.562. The normalized spacial score (nSPS) is 26.3. The third-order valence-electron chi connectivity index (χ3n) is 4.60. The van der Waals surface area contributed by atoms with E-state index >= 15 is 0 Å². The first-order valence-corrected chi connectivity index (χ1v) is 7.37. The molecule has 2 fully saturated rings. The van der Waals surface area contributed by atoms with E-state index in [1.165, 1.54) is 5.56 Å². The zero-order chi connectivity index (χ0) is 13.2. The lowest BCUT2D eigenvalue weighted by Crippen LogP contribution is -2.43. The summed E-state index contributed by atoms with van der Waals surface area (Å²) < 4.78 is 0. The van der Waals surface area contributed by atoms with E-state index in [0.29, 0.717) is 5.92 Å². The van der Waals surface area contributed by atoms with Crippen molar-refractivity contribution in [3.05, 3.63) is 35.4 Å². The van der Waals surface area contributed by atoms with Crippen LogP contribution in [0, 0.1) is 11.8 Å². The molecule has 3 nitrogen and oxygen atoms in total. The van der Waals surface area contributed by atoms with Crippen LogP contribution in [0.1, 0.15) is 29.3 Å². The molecule has 2 atom stereocenters. The van der Waals surface area contributed by atoms with E-state index in [2.05, 4.69) is 24.4 Å². The van der Waals surface area contributed by atoms with Gasteiger partial charge in [0.05, 0.1) is 0 Å². The van der Waals surface area contributed by atoms with E-state index in [9.17, 15) is 4.79 Å². The maximum Gasteiger partial charge on any atom is 0.253 e. The van der Waals surface area contributed by atoms with Crippen LogP contribution in [-0.2, 0) is 6.42 Å². The van der Waals surface area contributed by atoms with Gasteiger partial charge >= 0.3 is 0 Å². The average Bonchev–Trinajstić information content (AvgIpc) is 2.94. The Kier molecular flexibility index (Phi) is 3.56. The van der Waals surface area contributed by atoms with Gasteiger partial charge in [0, 0.05) is 18.7 Å². The molecule has 2 aliphatic heterocycles. The highest BCUT2D eigenvalue weighted by Gasteiger charge is 2.34. The summed E-state index contributed by atoms with van der Waals surface area (Å²) in [6.45, 7) is 6.18. The molecule has 3 rings (SSSR count). The first kappa shape index (κ1) is 12.7. The third-order valence-corrected chi connectivity index (χ3v) is 4.60. The second kappa shape index (κ2) is 5.33. The molecule has 19 heavy (non-hydrogen) atoms. The van der Waals surface area contributed by atoms with Gasteiger partial charge in [-0.25, -0.2) is 0 Å². The molecule has 0 spiro atoms. The standard InChI is InChI=1S/C16H22N2O/c1-2-12-3-5-13(6-4-12)16(19)18-8-7-14-9-17-10-15(14)11-18/h3-6,14-15,17H,2,7-11H2,1H3. The molecule has 0 aliphatic carbocycles. The molecule has 2 heterocycles. The highest BCUT2D eigenvalue weighted by Crippen LogP contribution is 2.27. The van der Waals surface area contributed by atoms with Crippen molar-refractivity contribution in [2.24, 2.45) is 11.8 Å². The largest absolute Gasteiger partial charge is 0.338 e. The SMILES string of the molecule is CCc1ccc(C(=O)N2CCC3CNCC3C2)cc1. The predicted molar refractivity (Wildman–Crippen MR) is 76.2 cm³/mol. The second-order valence-electron chi connectivity index (χ2n) is 5.77. The van der Waals surface area contributed by atoms with Crippen molar-refractivity contribution in [2.75, 3.05) is 26.2 Å². The van der Waals surface area contributed by atoms with Gasteiger partial charge in [0.25, 0.3) is 5.91 Å². The quantitative estimate of drug-likeness (QED) is 0.879. The van der Waals surface area contributed by atoms with Crippen molar-refractivity contribution in [2.45, 2.75) is 19.8 Å². The maximum atomic E-state index is 12.5. The number of likely N-dealkylation sites (tertiary alicyclic amines) is 1. The first-order chi connectivity index (χ1) is 9.28. The molecule has 2 saturated heterocycles.